The lowest BCUT2D eigenvalue weighted by atomic mass is 10.00. The number of halogens is 1. The van der Waals surface area contributed by atoms with E-state index >= 15 is 0 Å². The molecular formula is C20H27FN6O2. The van der Waals surface area contributed by atoms with Gasteiger partial charge in [0.25, 0.3) is 5.91 Å². The van der Waals surface area contributed by atoms with Gasteiger partial charge in [-0.2, -0.15) is 0 Å². The van der Waals surface area contributed by atoms with E-state index in [0.29, 0.717) is 25.3 Å². The average Bonchev–Trinajstić information content (AvgIpc) is 3.20. The highest BCUT2D eigenvalue weighted by Crippen LogP contribution is 2.20. The van der Waals surface area contributed by atoms with E-state index in [0.717, 1.165) is 31.2 Å². The summed E-state index contributed by atoms with van der Waals surface area (Å²) in [6, 6.07) is 6.11. The molecule has 1 N–H and O–H groups in total. The predicted octanol–water partition coefficient (Wildman–Crippen LogP) is 2.27. The maximum atomic E-state index is 13.0. The molecule has 0 saturated carbocycles. The molecule has 1 saturated heterocycles. The number of carbonyl (C=O) groups is 2. The van der Waals surface area contributed by atoms with Crippen LogP contribution in [0.2, 0.25) is 0 Å². The zero-order chi connectivity index (χ0) is 20.8. The van der Waals surface area contributed by atoms with Crippen LogP contribution in [0.15, 0.2) is 30.5 Å². The van der Waals surface area contributed by atoms with Crippen LogP contribution in [0.3, 0.4) is 0 Å². The van der Waals surface area contributed by atoms with Crippen molar-refractivity contribution in [1.29, 1.82) is 0 Å². The molecule has 1 aliphatic heterocycles. The first-order chi connectivity index (χ1) is 13.9. The molecule has 1 aromatic heterocycles. The highest BCUT2D eigenvalue weighted by atomic mass is 19.1. The Kier molecular flexibility index (Phi) is 6.79. The van der Waals surface area contributed by atoms with Gasteiger partial charge in [0.2, 0.25) is 0 Å². The molecule has 1 aromatic carbocycles. The maximum Gasteiger partial charge on any atom is 0.317 e. The number of aromatic nitrogens is 3. The summed E-state index contributed by atoms with van der Waals surface area (Å²) >= 11 is 0. The minimum absolute atomic E-state index is 0.106. The minimum Gasteiger partial charge on any atom is -0.343 e. The molecule has 1 aliphatic rings. The summed E-state index contributed by atoms with van der Waals surface area (Å²) in [6.45, 7) is 1.66. The van der Waals surface area contributed by atoms with Crippen molar-refractivity contribution in [2.75, 3.05) is 20.6 Å². The van der Waals surface area contributed by atoms with Gasteiger partial charge in [-0.25, -0.2) is 9.18 Å². The number of likely N-dealkylation sites (tertiary alicyclic amines) is 1. The van der Waals surface area contributed by atoms with Crippen LogP contribution in [0, 0.1) is 5.82 Å². The molecule has 2 aromatic rings. The number of nitrogens with zero attached hydrogens (tertiary/aromatic N) is 5. The molecule has 0 spiro atoms. The van der Waals surface area contributed by atoms with Gasteiger partial charge in [0.15, 0.2) is 5.69 Å². The van der Waals surface area contributed by atoms with E-state index in [2.05, 4.69) is 15.6 Å². The van der Waals surface area contributed by atoms with Crippen LogP contribution >= 0.6 is 0 Å². The third kappa shape index (κ3) is 5.52. The quantitative estimate of drug-likeness (QED) is 0.804. The summed E-state index contributed by atoms with van der Waals surface area (Å²) in [6.07, 6.45) is 5.37. The lowest BCUT2D eigenvalue weighted by Gasteiger charge is -2.35. The first-order valence-electron chi connectivity index (χ1n) is 9.84. The molecule has 1 fully saturated rings. The number of aryl methyl sites for hydroxylation is 1. The summed E-state index contributed by atoms with van der Waals surface area (Å²) < 4.78 is 14.7. The van der Waals surface area contributed by atoms with Crippen molar-refractivity contribution in [3.8, 4) is 0 Å². The smallest absolute Gasteiger partial charge is 0.317 e. The second kappa shape index (κ2) is 9.49. The fraction of sp³-hybridized carbons (Fsp3) is 0.500. The molecule has 0 aliphatic carbocycles. The highest BCUT2D eigenvalue weighted by molar-refractivity contribution is 5.91. The van der Waals surface area contributed by atoms with Crippen molar-refractivity contribution >= 4 is 11.9 Å². The van der Waals surface area contributed by atoms with Crippen molar-refractivity contribution in [3.63, 3.8) is 0 Å². The molecule has 1 atom stereocenters. The Hall–Kier alpha value is -2.97. The number of hydrogen-bond donors (Lipinski definition) is 1. The number of piperidine rings is 1. The molecule has 8 nitrogen and oxygen atoms in total. The van der Waals surface area contributed by atoms with Gasteiger partial charge in [-0.1, -0.05) is 17.3 Å². The van der Waals surface area contributed by atoms with Gasteiger partial charge in [0.1, 0.15) is 5.82 Å². The van der Waals surface area contributed by atoms with Crippen molar-refractivity contribution in [2.45, 2.75) is 44.8 Å². The Morgan fingerprint density at radius 3 is 2.72 bits per heavy atom. The largest absolute Gasteiger partial charge is 0.343 e. The van der Waals surface area contributed by atoms with Gasteiger partial charge >= 0.3 is 6.03 Å². The molecule has 1 unspecified atom stereocenters. The van der Waals surface area contributed by atoms with Crippen LogP contribution in [-0.4, -0.2) is 63.4 Å². The number of carbonyl (C=O) groups excluding carboxylic acids is 2. The number of hydrogen-bond acceptors (Lipinski definition) is 4. The lowest BCUT2D eigenvalue weighted by Crippen LogP contribution is -2.48. The maximum absolute atomic E-state index is 13.0. The highest BCUT2D eigenvalue weighted by Gasteiger charge is 2.26. The van der Waals surface area contributed by atoms with Crippen molar-refractivity contribution < 1.29 is 14.0 Å². The number of nitrogens with one attached hydrogen (secondary N) is 1. The van der Waals surface area contributed by atoms with E-state index in [1.807, 2.05) is 4.90 Å². The summed E-state index contributed by atoms with van der Waals surface area (Å²) in [5.41, 5.74) is 1.17. The summed E-state index contributed by atoms with van der Waals surface area (Å²) in [5.74, 6) is -0.476. The van der Waals surface area contributed by atoms with Crippen LogP contribution in [0.5, 0.6) is 0 Å². The Bertz CT molecular complexity index is 836. The molecule has 2 heterocycles. The number of benzene rings is 1. The average molecular weight is 402 g/mol. The van der Waals surface area contributed by atoms with Crippen molar-refractivity contribution in [2.24, 2.45) is 0 Å². The van der Waals surface area contributed by atoms with Crippen LogP contribution in [0.25, 0.3) is 0 Å². The number of urea groups is 1. The number of amides is 3. The van der Waals surface area contributed by atoms with E-state index in [4.69, 9.17) is 0 Å². The lowest BCUT2D eigenvalue weighted by molar-refractivity contribution is 0.0822. The van der Waals surface area contributed by atoms with Crippen LogP contribution in [0.1, 0.15) is 41.7 Å². The Labute approximate surface area is 169 Å². The van der Waals surface area contributed by atoms with Gasteiger partial charge in [0.05, 0.1) is 6.20 Å². The van der Waals surface area contributed by atoms with Gasteiger partial charge in [0, 0.05) is 39.8 Å². The molecular weight excluding hydrogens is 375 g/mol. The van der Waals surface area contributed by atoms with Crippen molar-refractivity contribution in [1.82, 2.24) is 30.1 Å². The molecule has 9 heteroatoms. The number of rotatable bonds is 6. The van der Waals surface area contributed by atoms with Crippen LogP contribution < -0.4 is 5.32 Å². The standard InChI is InChI=1S/C20H27FN6O2/c1-25(2)19(28)18-14-26(24-23-18)12-10-17-5-3-4-11-27(17)20(29)22-13-15-6-8-16(21)9-7-15/h6-9,14,17H,3-5,10-13H2,1-2H3,(H,22,29). The Morgan fingerprint density at radius 1 is 1.24 bits per heavy atom. The monoisotopic (exact) mass is 402 g/mol. The second-order valence-electron chi connectivity index (χ2n) is 7.48. The SMILES string of the molecule is CN(C)C(=O)c1cn(CCC2CCCCN2C(=O)NCc2ccc(F)cc2)nn1. The van der Waals surface area contributed by atoms with Gasteiger partial charge in [-0.3, -0.25) is 9.48 Å². The summed E-state index contributed by atoms with van der Waals surface area (Å²) in [7, 11) is 3.34. The van der Waals surface area contributed by atoms with Gasteiger partial charge in [-0.05, 0) is 43.4 Å². The summed E-state index contributed by atoms with van der Waals surface area (Å²) in [4.78, 5) is 28.0. The second-order valence-corrected chi connectivity index (χ2v) is 7.48. The molecule has 156 valence electrons. The Balaban J connectivity index is 1.54. The molecule has 3 amide bonds. The normalized spacial score (nSPS) is 16.5. The third-order valence-corrected chi connectivity index (χ3v) is 5.10. The third-order valence-electron chi connectivity index (χ3n) is 5.10. The van der Waals surface area contributed by atoms with Gasteiger partial charge in [-0.15, -0.1) is 5.10 Å². The molecule has 0 radical (unpaired) electrons. The minimum atomic E-state index is -0.292. The van der Waals surface area contributed by atoms with E-state index in [9.17, 15) is 14.0 Å². The predicted molar refractivity (Wildman–Crippen MR) is 106 cm³/mol. The van der Waals surface area contributed by atoms with E-state index in [-0.39, 0.29) is 23.8 Å². The van der Waals surface area contributed by atoms with E-state index < -0.39 is 0 Å². The first kappa shape index (κ1) is 20.8. The fourth-order valence-electron chi connectivity index (χ4n) is 3.47. The summed E-state index contributed by atoms with van der Waals surface area (Å²) in [5, 5.41) is 10.9. The van der Waals surface area contributed by atoms with E-state index in [1.165, 1.54) is 17.0 Å². The van der Waals surface area contributed by atoms with E-state index in [1.54, 1.807) is 37.1 Å². The fourth-order valence-corrected chi connectivity index (χ4v) is 3.47. The van der Waals surface area contributed by atoms with Gasteiger partial charge < -0.3 is 15.1 Å². The topological polar surface area (TPSA) is 83.4 Å². The Morgan fingerprint density at radius 2 is 2.00 bits per heavy atom. The molecule has 3 rings (SSSR count). The first-order valence-corrected chi connectivity index (χ1v) is 9.84. The van der Waals surface area contributed by atoms with Crippen molar-refractivity contribution in [3.05, 3.63) is 47.5 Å². The zero-order valence-electron chi connectivity index (χ0n) is 16.8. The zero-order valence-corrected chi connectivity index (χ0v) is 16.8. The van der Waals surface area contributed by atoms with Crippen LogP contribution in [-0.2, 0) is 13.1 Å². The molecule has 0 bridgehead atoms. The van der Waals surface area contributed by atoms with Crippen LogP contribution in [0.4, 0.5) is 9.18 Å². The molecule has 29 heavy (non-hydrogen) atoms.